The zero-order valence-corrected chi connectivity index (χ0v) is 30.3. The van der Waals surface area contributed by atoms with Crippen molar-refractivity contribution >= 4 is 42.0 Å². The number of alkyl carbamates (subject to hydrolysis) is 2. The summed E-state index contributed by atoms with van der Waals surface area (Å²) in [6.07, 6.45) is 5.74. The normalized spacial score (nSPS) is 16.6. The van der Waals surface area contributed by atoms with Crippen molar-refractivity contribution in [3.8, 4) is 0 Å². The van der Waals surface area contributed by atoms with Gasteiger partial charge in [0.2, 0.25) is 0 Å². The van der Waals surface area contributed by atoms with Gasteiger partial charge in [-0.05, 0) is 24.7 Å². The van der Waals surface area contributed by atoms with E-state index >= 15 is 0 Å². The molecule has 2 N–H and O–H groups in total. The van der Waals surface area contributed by atoms with Crippen LogP contribution in [0.4, 0.5) is 9.59 Å². The molecule has 0 aromatic carbocycles. The van der Waals surface area contributed by atoms with Crippen molar-refractivity contribution in [3.05, 3.63) is 63.3 Å². The van der Waals surface area contributed by atoms with Gasteiger partial charge in [0.05, 0.1) is 31.2 Å². The summed E-state index contributed by atoms with van der Waals surface area (Å²) in [5, 5.41) is 5.51. The third-order valence-corrected chi connectivity index (χ3v) is 8.00. The number of carbonyl (C=O) groups excluding carboxylic acids is 7. The summed E-state index contributed by atoms with van der Waals surface area (Å²) in [4.78, 5) is 85.2. The molecule has 0 saturated heterocycles. The molecule has 0 aliphatic heterocycles. The molecule has 17 nitrogen and oxygen atoms in total. The van der Waals surface area contributed by atoms with Crippen LogP contribution in [-0.4, -0.2) is 115 Å². The Labute approximate surface area is 308 Å². The lowest BCUT2D eigenvalue weighted by molar-refractivity contribution is -0.166. The van der Waals surface area contributed by atoms with Crippen molar-refractivity contribution in [3.63, 3.8) is 0 Å². The van der Waals surface area contributed by atoms with E-state index in [1.54, 1.807) is 0 Å². The van der Waals surface area contributed by atoms with Gasteiger partial charge < -0.3 is 48.5 Å². The average Bonchev–Trinajstić information content (AvgIpc) is 3.16. The Morgan fingerprint density at radius 1 is 0.623 bits per heavy atom. The molecular formula is C36H50N2O15. The van der Waals surface area contributed by atoms with E-state index in [1.807, 2.05) is 6.92 Å². The summed E-state index contributed by atoms with van der Waals surface area (Å²) in [5.74, 6) is -4.25. The van der Waals surface area contributed by atoms with Gasteiger partial charge in [-0.15, -0.1) is 0 Å². The quantitative estimate of drug-likeness (QED) is 0.0824. The average molecular weight is 751 g/mol. The standard InChI is InChI=1S/C36H50N2O15/c1-8-27(39)48-20-35(21-49-28(40)9-2,22-50-29(41)10-3)18-47-19-36(23-51-30(42)11-4,24-52-31(43)12-5)25-53-33(45)38-26-14-13-15-34(6,16-26)17-37-32(44)46-7/h8-12,26H,1-5,13-25H2,6-7H3,(H,37,44)(H,38,45). The van der Waals surface area contributed by atoms with Gasteiger partial charge >= 0.3 is 42.0 Å². The smallest absolute Gasteiger partial charge is 0.407 e. The highest BCUT2D eigenvalue weighted by Gasteiger charge is 2.41. The molecule has 0 aromatic heterocycles. The summed E-state index contributed by atoms with van der Waals surface area (Å²) in [7, 11) is 1.26. The fourth-order valence-corrected chi connectivity index (χ4v) is 5.04. The maximum Gasteiger partial charge on any atom is 0.407 e. The maximum atomic E-state index is 13.2. The minimum Gasteiger partial charge on any atom is -0.462 e. The zero-order valence-electron chi connectivity index (χ0n) is 30.3. The van der Waals surface area contributed by atoms with Crippen molar-refractivity contribution in [2.24, 2.45) is 16.2 Å². The molecule has 294 valence electrons. The first kappa shape index (κ1) is 45.6. The molecule has 0 radical (unpaired) electrons. The van der Waals surface area contributed by atoms with E-state index in [1.165, 1.54) is 7.11 Å². The topological polar surface area (TPSA) is 217 Å². The summed E-state index contributed by atoms with van der Waals surface area (Å²) in [5.41, 5.74) is -3.45. The van der Waals surface area contributed by atoms with Gasteiger partial charge in [0, 0.05) is 43.0 Å². The largest absolute Gasteiger partial charge is 0.462 e. The van der Waals surface area contributed by atoms with Crippen molar-refractivity contribution < 1.29 is 71.5 Å². The van der Waals surface area contributed by atoms with E-state index in [2.05, 4.69) is 48.3 Å². The second-order valence-electron chi connectivity index (χ2n) is 12.7. The molecule has 2 atom stereocenters. The number of ether oxygens (including phenoxy) is 8. The number of hydrogen-bond acceptors (Lipinski definition) is 15. The van der Waals surface area contributed by atoms with Gasteiger partial charge in [0.15, 0.2) is 0 Å². The van der Waals surface area contributed by atoms with Gasteiger partial charge in [-0.3, -0.25) is 0 Å². The predicted molar refractivity (Wildman–Crippen MR) is 187 cm³/mol. The van der Waals surface area contributed by atoms with Crippen LogP contribution in [0.25, 0.3) is 0 Å². The first-order valence-electron chi connectivity index (χ1n) is 16.4. The van der Waals surface area contributed by atoms with E-state index in [0.717, 1.165) is 43.2 Å². The molecule has 0 heterocycles. The number of methoxy groups -OCH3 is 1. The van der Waals surface area contributed by atoms with Crippen molar-refractivity contribution in [1.82, 2.24) is 10.6 Å². The molecule has 17 heteroatoms. The van der Waals surface area contributed by atoms with Crippen molar-refractivity contribution in [2.75, 3.05) is 66.5 Å². The summed E-state index contributed by atoms with van der Waals surface area (Å²) in [6, 6.07) is -0.320. The lowest BCUT2D eigenvalue weighted by Crippen LogP contribution is -2.49. The number of esters is 5. The Bertz CT molecular complexity index is 1280. The van der Waals surface area contributed by atoms with Crippen LogP contribution < -0.4 is 10.6 Å². The Morgan fingerprint density at radius 3 is 1.36 bits per heavy atom. The van der Waals surface area contributed by atoms with Crippen LogP contribution in [0.1, 0.15) is 32.6 Å². The van der Waals surface area contributed by atoms with E-state index < -0.39 is 106 Å². The minimum absolute atomic E-state index is 0.320. The van der Waals surface area contributed by atoms with E-state index in [0.29, 0.717) is 19.4 Å². The second-order valence-corrected chi connectivity index (χ2v) is 12.7. The van der Waals surface area contributed by atoms with Crippen molar-refractivity contribution in [2.45, 2.75) is 38.6 Å². The molecule has 1 rings (SSSR count). The number of hydrogen-bond donors (Lipinski definition) is 2. The van der Waals surface area contributed by atoms with E-state index in [4.69, 9.17) is 33.2 Å². The third-order valence-electron chi connectivity index (χ3n) is 8.00. The van der Waals surface area contributed by atoms with Gasteiger partial charge in [-0.25, -0.2) is 33.6 Å². The lowest BCUT2D eigenvalue weighted by atomic mass is 9.73. The molecular weight excluding hydrogens is 700 g/mol. The van der Waals surface area contributed by atoms with Gasteiger partial charge in [-0.2, -0.15) is 0 Å². The maximum absolute atomic E-state index is 13.2. The monoisotopic (exact) mass is 750 g/mol. The van der Waals surface area contributed by atoms with E-state index in [9.17, 15) is 33.6 Å². The minimum atomic E-state index is -1.57. The molecule has 0 spiro atoms. The third kappa shape index (κ3) is 17.6. The van der Waals surface area contributed by atoms with Crippen LogP contribution in [0.5, 0.6) is 0 Å². The number of amides is 2. The molecule has 1 aliphatic rings. The summed E-state index contributed by atoms with van der Waals surface area (Å²) >= 11 is 0. The fourth-order valence-electron chi connectivity index (χ4n) is 5.04. The summed E-state index contributed by atoms with van der Waals surface area (Å²) in [6.45, 7) is 15.1. The highest BCUT2D eigenvalue weighted by Crippen LogP contribution is 2.35. The van der Waals surface area contributed by atoms with Gasteiger partial charge in [0.1, 0.15) is 39.6 Å². The predicted octanol–water partition coefficient (Wildman–Crippen LogP) is 2.65. The highest BCUT2D eigenvalue weighted by molar-refractivity contribution is 5.83. The first-order chi connectivity index (χ1) is 25.1. The van der Waals surface area contributed by atoms with Crippen LogP contribution in [0.15, 0.2) is 63.3 Å². The van der Waals surface area contributed by atoms with Crippen LogP contribution >= 0.6 is 0 Å². The zero-order chi connectivity index (χ0) is 39.9. The SMILES string of the molecule is C=CC(=O)OCC(COCC(COC(=O)C=C)(COC(=O)C=C)COC(=O)NC1CCCC(C)(CNC(=O)OC)C1)(COC(=O)C=C)COC(=O)C=C. The number of carbonyl (C=O) groups is 7. The number of nitrogens with one attached hydrogen (secondary N) is 2. The van der Waals surface area contributed by atoms with Crippen LogP contribution in [0.2, 0.25) is 0 Å². The Kier molecular flexibility index (Phi) is 19.9. The molecule has 2 unspecified atom stereocenters. The van der Waals surface area contributed by atoms with Crippen LogP contribution in [-0.2, 0) is 61.9 Å². The molecule has 53 heavy (non-hydrogen) atoms. The molecule has 0 bridgehead atoms. The second kappa shape index (κ2) is 23.2. The Hall–Kier alpha value is -5.45. The molecule has 1 fully saturated rings. The first-order valence-corrected chi connectivity index (χ1v) is 16.4. The van der Waals surface area contributed by atoms with E-state index in [-0.39, 0.29) is 11.5 Å². The Morgan fingerprint density at radius 2 is 1.00 bits per heavy atom. The Balaban J connectivity index is 3.35. The van der Waals surface area contributed by atoms with Gasteiger partial charge in [0.25, 0.3) is 0 Å². The summed E-state index contributed by atoms with van der Waals surface area (Å²) < 4.78 is 42.5. The fraction of sp³-hybridized carbons (Fsp3) is 0.528. The highest BCUT2D eigenvalue weighted by atomic mass is 16.6. The van der Waals surface area contributed by atoms with Crippen LogP contribution in [0, 0.1) is 16.2 Å². The molecule has 1 saturated carbocycles. The van der Waals surface area contributed by atoms with Gasteiger partial charge in [-0.1, -0.05) is 46.2 Å². The lowest BCUT2D eigenvalue weighted by Gasteiger charge is -2.38. The molecule has 1 aliphatic carbocycles. The van der Waals surface area contributed by atoms with Crippen molar-refractivity contribution in [1.29, 1.82) is 0 Å². The number of rotatable bonds is 24. The molecule has 0 aromatic rings. The molecule has 2 amide bonds. The van der Waals surface area contributed by atoms with Crippen LogP contribution in [0.3, 0.4) is 0 Å².